The Hall–Kier alpha value is -3.56. The molecule has 2 atom stereocenters. The Morgan fingerprint density at radius 1 is 1.33 bits per heavy atom. The Morgan fingerprint density at radius 2 is 2.15 bits per heavy atom. The van der Waals surface area contributed by atoms with Gasteiger partial charge in [-0.1, -0.05) is 12.1 Å². The number of nitrogens with zero attached hydrogens (tertiary/aromatic N) is 2. The first-order valence-corrected chi connectivity index (χ1v) is 11.3. The molecule has 1 aromatic carbocycles. The maximum Gasteiger partial charge on any atom is 0.419 e. The number of benzene rings is 1. The molecule has 33 heavy (non-hydrogen) atoms. The fourth-order valence-electron chi connectivity index (χ4n) is 4.94. The smallest absolute Gasteiger partial charge is 0.419 e. The van der Waals surface area contributed by atoms with Crippen LogP contribution in [0.25, 0.3) is 11.1 Å². The van der Waals surface area contributed by atoms with Gasteiger partial charge in [-0.25, -0.2) is 9.59 Å². The van der Waals surface area contributed by atoms with E-state index in [1.165, 1.54) is 4.57 Å². The van der Waals surface area contributed by atoms with E-state index in [1.54, 1.807) is 25.2 Å². The molecule has 3 fully saturated rings. The van der Waals surface area contributed by atoms with Gasteiger partial charge in [-0.2, -0.15) is 5.10 Å². The third-order valence-corrected chi connectivity index (χ3v) is 7.25. The van der Waals surface area contributed by atoms with Crippen LogP contribution in [0.2, 0.25) is 0 Å². The van der Waals surface area contributed by atoms with E-state index in [1.807, 2.05) is 6.07 Å². The molecule has 3 saturated carbocycles. The average molecular weight is 451 g/mol. The van der Waals surface area contributed by atoms with Crippen molar-refractivity contribution >= 4 is 28.9 Å². The minimum atomic E-state index is -0.463. The predicted molar refractivity (Wildman–Crippen MR) is 118 cm³/mol. The normalized spacial score (nSPS) is 27.2. The maximum absolute atomic E-state index is 12.6. The van der Waals surface area contributed by atoms with Gasteiger partial charge >= 0.3 is 11.8 Å². The molecule has 1 unspecified atom stereocenters. The Labute approximate surface area is 188 Å². The second kappa shape index (κ2) is 7.23. The van der Waals surface area contributed by atoms with Gasteiger partial charge in [0.05, 0.1) is 11.9 Å². The van der Waals surface area contributed by atoms with Crippen LogP contribution in [0.3, 0.4) is 0 Å². The molecule has 10 nitrogen and oxygen atoms in total. The lowest BCUT2D eigenvalue weighted by Crippen LogP contribution is -2.33. The van der Waals surface area contributed by atoms with E-state index in [-0.39, 0.29) is 36.0 Å². The van der Waals surface area contributed by atoms with Crippen molar-refractivity contribution in [1.82, 2.24) is 20.1 Å². The van der Waals surface area contributed by atoms with E-state index in [0.29, 0.717) is 28.4 Å². The number of oxazole rings is 1. The highest BCUT2D eigenvalue weighted by Gasteiger charge is 2.71. The van der Waals surface area contributed by atoms with Crippen LogP contribution in [0.5, 0.6) is 0 Å². The van der Waals surface area contributed by atoms with Gasteiger partial charge in [-0.05, 0) is 44.1 Å². The molecule has 2 heterocycles. The molecule has 3 N–H and O–H groups in total. The van der Waals surface area contributed by atoms with Crippen LogP contribution in [-0.4, -0.2) is 38.4 Å². The number of nitrogens with one attached hydrogen (secondary N) is 3. The fraction of sp³-hybridized carbons (Fsp3) is 0.478. The first-order chi connectivity index (χ1) is 15.9. The summed E-state index contributed by atoms with van der Waals surface area (Å²) in [6, 6.07) is 7.16. The van der Waals surface area contributed by atoms with Crippen molar-refractivity contribution in [1.29, 1.82) is 0 Å². The van der Waals surface area contributed by atoms with E-state index in [0.717, 1.165) is 37.8 Å². The number of aryl methyl sites for hydroxylation is 1. The zero-order chi connectivity index (χ0) is 22.7. The molecule has 172 valence electrons. The number of carbonyl (C=O) groups excluding carboxylic acids is 2. The van der Waals surface area contributed by atoms with Gasteiger partial charge in [0, 0.05) is 35.8 Å². The summed E-state index contributed by atoms with van der Waals surface area (Å²) in [4.78, 5) is 36.5. The van der Waals surface area contributed by atoms with Gasteiger partial charge < -0.3 is 19.8 Å². The molecule has 0 aliphatic heterocycles. The van der Waals surface area contributed by atoms with Gasteiger partial charge in [-0.15, -0.1) is 0 Å². The van der Waals surface area contributed by atoms with E-state index in [2.05, 4.69) is 20.8 Å². The van der Waals surface area contributed by atoms with Crippen molar-refractivity contribution in [2.24, 2.45) is 13.0 Å². The number of anilines is 1. The summed E-state index contributed by atoms with van der Waals surface area (Å²) in [7, 11) is 1.63. The first kappa shape index (κ1) is 20.1. The number of hydrogen-bond acceptors (Lipinski definition) is 6. The minimum absolute atomic E-state index is 0.0588. The van der Waals surface area contributed by atoms with Gasteiger partial charge in [0.1, 0.15) is 6.10 Å². The maximum atomic E-state index is 12.6. The molecule has 3 aromatic rings. The summed E-state index contributed by atoms with van der Waals surface area (Å²) in [5.41, 5.74) is 2.69. The third-order valence-electron chi connectivity index (χ3n) is 7.25. The summed E-state index contributed by atoms with van der Waals surface area (Å²) in [5, 5.41) is 13.0. The number of amides is 2. The van der Waals surface area contributed by atoms with Crippen molar-refractivity contribution in [2.75, 3.05) is 5.32 Å². The van der Waals surface area contributed by atoms with Crippen LogP contribution >= 0.6 is 0 Å². The highest BCUT2D eigenvalue weighted by molar-refractivity contribution is 5.93. The first-order valence-electron chi connectivity index (χ1n) is 11.3. The Bertz CT molecular complexity index is 1310. The number of hydrogen-bond donors (Lipinski definition) is 3. The van der Waals surface area contributed by atoms with Crippen LogP contribution < -0.4 is 16.4 Å². The molecule has 6 rings (SSSR count). The van der Waals surface area contributed by atoms with Crippen molar-refractivity contribution < 1.29 is 18.7 Å². The van der Waals surface area contributed by atoms with Gasteiger partial charge in [-0.3, -0.25) is 14.5 Å². The summed E-state index contributed by atoms with van der Waals surface area (Å²) in [5.74, 6) is 0.593. The number of fused-ring (bicyclic) bond motifs is 2. The lowest BCUT2D eigenvalue weighted by molar-refractivity contribution is -0.115. The van der Waals surface area contributed by atoms with E-state index in [9.17, 15) is 14.4 Å². The standard InChI is InChI=1S/C23H25N5O5/c1-28-17-4-2-3-13(20(17)33-22(28)31)8-19(29)24-18-9-16(26-27-18)12-5-6-15(7-12)32-21(30)25-23-10-14(23)11-23/h2-4,9,12,14-15H,5-8,10-11H2,1H3,(H,25,30)(H2,24,26,27,29)/t12?,14?,15-,23?/m1/s1. The van der Waals surface area contributed by atoms with E-state index >= 15 is 0 Å². The average Bonchev–Trinajstić information content (AvgIpc) is 3.32. The highest BCUT2D eigenvalue weighted by atomic mass is 16.6. The van der Waals surface area contributed by atoms with E-state index < -0.39 is 5.76 Å². The minimum Gasteiger partial charge on any atom is -0.446 e. The SMILES string of the molecule is Cn1c(=O)oc2c(CC(=O)Nc3cc(C4CC[C@@H](OC(=O)NC56CC5C6)C4)[nH]n3)cccc21. The van der Waals surface area contributed by atoms with Gasteiger partial charge in [0.15, 0.2) is 11.4 Å². The van der Waals surface area contributed by atoms with Crippen LogP contribution in [0.4, 0.5) is 10.6 Å². The lowest BCUT2D eigenvalue weighted by atomic mass is 10.0. The van der Waals surface area contributed by atoms with Crippen LogP contribution in [0.1, 0.15) is 49.3 Å². The summed E-state index contributed by atoms with van der Waals surface area (Å²) >= 11 is 0. The molecular formula is C23H25N5O5. The number of para-hydroxylation sites is 1. The zero-order valence-electron chi connectivity index (χ0n) is 18.2. The summed E-state index contributed by atoms with van der Waals surface area (Å²) in [6.45, 7) is 0. The molecule has 3 aliphatic carbocycles. The lowest BCUT2D eigenvalue weighted by Gasteiger charge is -2.14. The number of carbonyl (C=O) groups is 2. The fourth-order valence-corrected chi connectivity index (χ4v) is 4.94. The highest BCUT2D eigenvalue weighted by Crippen LogP contribution is 2.66. The summed E-state index contributed by atoms with van der Waals surface area (Å²) < 4.78 is 12.3. The number of aromatic nitrogens is 3. The Balaban J connectivity index is 1.05. The Morgan fingerprint density at radius 3 is 2.94 bits per heavy atom. The molecule has 10 heteroatoms. The van der Waals surface area contributed by atoms with Crippen molar-refractivity contribution in [3.8, 4) is 0 Å². The van der Waals surface area contributed by atoms with Crippen molar-refractivity contribution in [3.63, 3.8) is 0 Å². The van der Waals surface area contributed by atoms with Crippen LogP contribution in [0, 0.1) is 5.92 Å². The largest absolute Gasteiger partial charge is 0.446 e. The van der Waals surface area contributed by atoms with Crippen LogP contribution in [0.15, 0.2) is 33.5 Å². The molecule has 0 spiro atoms. The molecule has 2 aromatic heterocycles. The summed E-state index contributed by atoms with van der Waals surface area (Å²) in [6.07, 6.45) is 4.25. The zero-order valence-corrected chi connectivity index (χ0v) is 18.2. The van der Waals surface area contributed by atoms with Crippen LogP contribution in [-0.2, 0) is 23.0 Å². The number of aromatic amines is 1. The quantitative estimate of drug-likeness (QED) is 0.528. The monoisotopic (exact) mass is 451 g/mol. The van der Waals surface area contributed by atoms with Gasteiger partial charge in [0.2, 0.25) is 5.91 Å². The van der Waals surface area contributed by atoms with Crippen molar-refractivity contribution in [2.45, 2.75) is 56.1 Å². The number of H-pyrrole nitrogens is 1. The number of ether oxygens (including phenoxy) is 1. The molecule has 0 saturated heterocycles. The molecule has 0 bridgehead atoms. The topological polar surface area (TPSA) is 131 Å². The van der Waals surface area contributed by atoms with E-state index in [4.69, 9.17) is 9.15 Å². The van der Waals surface area contributed by atoms with Crippen molar-refractivity contribution in [3.05, 3.63) is 46.1 Å². The second-order valence-electron chi connectivity index (χ2n) is 9.55. The number of rotatable bonds is 6. The molecule has 2 amide bonds. The van der Waals surface area contributed by atoms with Gasteiger partial charge in [0.25, 0.3) is 0 Å². The molecule has 3 aliphatic rings. The molecule has 0 radical (unpaired) electrons. The third kappa shape index (κ3) is 3.69. The molecular weight excluding hydrogens is 426 g/mol. The second-order valence-corrected chi connectivity index (χ2v) is 9.55. The Kier molecular flexibility index (Phi) is 4.40. The number of alkyl carbamates (subject to hydrolysis) is 1. The predicted octanol–water partition coefficient (Wildman–Crippen LogP) is 2.56.